The number of hydrogen-bond acceptors (Lipinski definition) is 3. The van der Waals surface area contributed by atoms with Crippen molar-refractivity contribution in [2.24, 2.45) is 0 Å². The Morgan fingerprint density at radius 1 is 1.44 bits per heavy atom. The molecule has 0 aromatic rings. The van der Waals surface area contributed by atoms with Gasteiger partial charge in [-0.1, -0.05) is 6.92 Å². The van der Waals surface area contributed by atoms with Gasteiger partial charge in [-0.2, -0.15) is 0 Å². The first kappa shape index (κ1) is 13.5. The van der Waals surface area contributed by atoms with Gasteiger partial charge in [0.25, 0.3) is 0 Å². The van der Waals surface area contributed by atoms with Gasteiger partial charge in [0.2, 0.25) is 5.91 Å². The van der Waals surface area contributed by atoms with Crippen LogP contribution in [-0.2, 0) is 9.53 Å². The first-order valence-electron chi connectivity index (χ1n) is 6.14. The maximum Gasteiger partial charge on any atom is 0.248 e. The zero-order valence-electron chi connectivity index (χ0n) is 10.9. The van der Waals surface area contributed by atoms with Gasteiger partial charge in [0.05, 0.1) is 6.10 Å². The quantitative estimate of drug-likeness (QED) is 0.718. The van der Waals surface area contributed by atoms with Crippen molar-refractivity contribution in [3.05, 3.63) is 0 Å². The lowest BCUT2D eigenvalue weighted by Crippen LogP contribution is -2.53. The van der Waals surface area contributed by atoms with Gasteiger partial charge in [-0.15, -0.1) is 0 Å². The third-order valence-electron chi connectivity index (χ3n) is 3.14. The van der Waals surface area contributed by atoms with Crippen LogP contribution >= 0.6 is 0 Å². The standard InChI is InChI=1S/C12H24N2O2/c1-5-11-8-14(7-6-13(11)4)12(15)9-16-10(2)3/h10-11H,5-9H2,1-4H3. The minimum Gasteiger partial charge on any atom is -0.369 e. The molecule has 1 rings (SSSR count). The van der Waals surface area contributed by atoms with Crippen molar-refractivity contribution >= 4 is 5.91 Å². The zero-order chi connectivity index (χ0) is 12.1. The Morgan fingerprint density at radius 3 is 2.69 bits per heavy atom. The van der Waals surface area contributed by atoms with Gasteiger partial charge in [0.15, 0.2) is 0 Å². The number of piperazine rings is 1. The van der Waals surface area contributed by atoms with Gasteiger partial charge in [-0.25, -0.2) is 0 Å². The summed E-state index contributed by atoms with van der Waals surface area (Å²) in [6.07, 6.45) is 1.21. The van der Waals surface area contributed by atoms with Gasteiger partial charge >= 0.3 is 0 Å². The van der Waals surface area contributed by atoms with Crippen LogP contribution in [0.5, 0.6) is 0 Å². The molecule has 0 saturated carbocycles. The van der Waals surface area contributed by atoms with E-state index in [1.54, 1.807) is 0 Å². The molecule has 4 heteroatoms. The second-order valence-electron chi connectivity index (χ2n) is 4.74. The number of amides is 1. The second kappa shape index (κ2) is 6.21. The Morgan fingerprint density at radius 2 is 2.12 bits per heavy atom. The van der Waals surface area contributed by atoms with Gasteiger partial charge in [-0.05, 0) is 27.3 Å². The third-order valence-corrected chi connectivity index (χ3v) is 3.14. The molecule has 1 unspecified atom stereocenters. The maximum atomic E-state index is 11.9. The molecule has 4 nitrogen and oxygen atoms in total. The molecular weight excluding hydrogens is 204 g/mol. The van der Waals surface area contributed by atoms with Crippen LogP contribution in [0.2, 0.25) is 0 Å². The summed E-state index contributed by atoms with van der Waals surface area (Å²) in [7, 11) is 2.13. The van der Waals surface area contributed by atoms with Gasteiger partial charge in [-0.3, -0.25) is 9.69 Å². The van der Waals surface area contributed by atoms with Crippen molar-refractivity contribution in [2.75, 3.05) is 33.3 Å². The predicted molar refractivity (Wildman–Crippen MR) is 64.4 cm³/mol. The summed E-state index contributed by atoms with van der Waals surface area (Å²) in [5.41, 5.74) is 0. The number of ether oxygens (including phenoxy) is 1. The van der Waals surface area contributed by atoms with Crippen molar-refractivity contribution in [3.63, 3.8) is 0 Å². The Kier molecular flexibility index (Phi) is 5.22. The van der Waals surface area contributed by atoms with Gasteiger partial charge < -0.3 is 9.64 Å². The predicted octanol–water partition coefficient (Wildman–Crippen LogP) is 0.964. The van der Waals surface area contributed by atoms with E-state index in [1.165, 1.54) is 0 Å². The van der Waals surface area contributed by atoms with Crippen molar-refractivity contribution in [1.29, 1.82) is 0 Å². The van der Waals surface area contributed by atoms with Crippen LogP contribution in [-0.4, -0.2) is 61.1 Å². The molecule has 1 amide bonds. The number of rotatable bonds is 4. The molecule has 0 radical (unpaired) electrons. The van der Waals surface area contributed by atoms with Crippen molar-refractivity contribution in [3.8, 4) is 0 Å². The summed E-state index contributed by atoms with van der Waals surface area (Å²) in [6, 6.07) is 0.497. The maximum absolute atomic E-state index is 11.9. The second-order valence-corrected chi connectivity index (χ2v) is 4.74. The lowest BCUT2D eigenvalue weighted by Gasteiger charge is -2.39. The Labute approximate surface area is 98.5 Å². The zero-order valence-corrected chi connectivity index (χ0v) is 10.9. The minimum absolute atomic E-state index is 0.124. The third kappa shape index (κ3) is 3.76. The van der Waals surface area contributed by atoms with Crippen LogP contribution in [0.4, 0.5) is 0 Å². The summed E-state index contributed by atoms with van der Waals surface area (Å²) in [5, 5.41) is 0. The SMILES string of the molecule is CCC1CN(C(=O)COC(C)C)CCN1C. The van der Waals surface area contributed by atoms with E-state index in [-0.39, 0.29) is 18.6 Å². The molecular formula is C12H24N2O2. The van der Waals surface area contributed by atoms with E-state index in [9.17, 15) is 4.79 Å². The summed E-state index contributed by atoms with van der Waals surface area (Å²) < 4.78 is 5.35. The van der Waals surface area contributed by atoms with Crippen molar-refractivity contribution in [2.45, 2.75) is 39.3 Å². The molecule has 1 atom stereocenters. The number of hydrogen-bond donors (Lipinski definition) is 0. The summed E-state index contributed by atoms with van der Waals surface area (Å²) in [6.45, 7) is 8.92. The van der Waals surface area contributed by atoms with E-state index in [0.29, 0.717) is 6.04 Å². The first-order valence-corrected chi connectivity index (χ1v) is 6.14. The lowest BCUT2D eigenvalue weighted by atomic mass is 10.1. The van der Waals surface area contributed by atoms with Crippen LogP contribution in [0.3, 0.4) is 0 Å². The molecule has 0 bridgehead atoms. The highest BCUT2D eigenvalue weighted by molar-refractivity contribution is 5.77. The van der Waals surface area contributed by atoms with Gasteiger partial charge in [0.1, 0.15) is 6.61 Å². The monoisotopic (exact) mass is 228 g/mol. The smallest absolute Gasteiger partial charge is 0.248 e. The molecule has 16 heavy (non-hydrogen) atoms. The van der Waals surface area contributed by atoms with E-state index in [1.807, 2.05) is 18.7 Å². The molecule has 1 aliphatic rings. The highest BCUT2D eigenvalue weighted by atomic mass is 16.5. The lowest BCUT2D eigenvalue weighted by molar-refractivity contribution is -0.140. The summed E-state index contributed by atoms with van der Waals surface area (Å²) >= 11 is 0. The largest absolute Gasteiger partial charge is 0.369 e. The molecule has 0 aromatic carbocycles. The Bertz CT molecular complexity index is 231. The fraction of sp³-hybridized carbons (Fsp3) is 0.917. The van der Waals surface area contributed by atoms with Crippen molar-refractivity contribution < 1.29 is 9.53 Å². The number of carbonyl (C=O) groups is 1. The normalized spacial score (nSPS) is 22.8. The van der Waals surface area contributed by atoms with Crippen LogP contribution in [0.15, 0.2) is 0 Å². The molecule has 0 aromatic heterocycles. The van der Waals surface area contributed by atoms with E-state index >= 15 is 0 Å². The fourth-order valence-electron chi connectivity index (χ4n) is 1.94. The van der Waals surface area contributed by atoms with E-state index in [2.05, 4.69) is 18.9 Å². The van der Waals surface area contributed by atoms with Crippen molar-refractivity contribution in [1.82, 2.24) is 9.80 Å². The van der Waals surface area contributed by atoms with E-state index < -0.39 is 0 Å². The van der Waals surface area contributed by atoms with Crippen LogP contribution in [0.1, 0.15) is 27.2 Å². The van der Waals surface area contributed by atoms with Crippen LogP contribution in [0.25, 0.3) is 0 Å². The van der Waals surface area contributed by atoms with Gasteiger partial charge in [0, 0.05) is 25.7 Å². The highest BCUT2D eigenvalue weighted by Crippen LogP contribution is 2.10. The Hall–Kier alpha value is -0.610. The number of nitrogens with zero attached hydrogens (tertiary/aromatic N) is 2. The summed E-state index contributed by atoms with van der Waals surface area (Å²) in [5.74, 6) is 0.125. The van der Waals surface area contributed by atoms with Crippen LogP contribution in [0, 0.1) is 0 Å². The molecule has 94 valence electrons. The fourth-order valence-corrected chi connectivity index (χ4v) is 1.94. The van der Waals surface area contributed by atoms with Crippen LogP contribution < -0.4 is 0 Å². The molecule has 1 heterocycles. The van der Waals surface area contributed by atoms with E-state index in [4.69, 9.17) is 4.74 Å². The average molecular weight is 228 g/mol. The molecule has 1 aliphatic heterocycles. The Balaban J connectivity index is 2.39. The number of likely N-dealkylation sites (N-methyl/N-ethyl adjacent to an activating group) is 1. The molecule has 0 N–H and O–H groups in total. The average Bonchev–Trinajstić information content (AvgIpc) is 2.26. The molecule has 1 saturated heterocycles. The summed E-state index contributed by atoms with van der Waals surface area (Å²) in [4.78, 5) is 16.1. The minimum atomic E-state index is 0.124. The molecule has 0 spiro atoms. The first-order chi connectivity index (χ1) is 7.54. The molecule has 1 fully saturated rings. The van der Waals surface area contributed by atoms with E-state index in [0.717, 1.165) is 26.1 Å². The molecule has 0 aliphatic carbocycles. The highest BCUT2D eigenvalue weighted by Gasteiger charge is 2.25. The topological polar surface area (TPSA) is 32.8 Å². The number of carbonyl (C=O) groups excluding carboxylic acids is 1.